The molecule has 5 fully saturated rings. The van der Waals surface area contributed by atoms with Crippen LogP contribution in [0.15, 0.2) is 42.5 Å². The van der Waals surface area contributed by atoms with Crippen LogP contribution >= 0.6 is 0 Å². The average Bonchev–Trinajstić information content (AvgIpc) is 3.42. The van der Waals surface area contributed by atoms with Crippen molar-refractivity contribution >= 4 is 18.2 Å². The van der Waals surface area contributed by atoms with Gasteiger partial charge in [0.05, 0.1) is 11.8 Å². The van der Waals surface area contributed by atoms with Gasteiger partial charge in [0, 0.05) is 11.8 Å². The lowest BCUT2D eigenvalue weighted by molar-refractivity contribution is -0.250. The molecule has 0 saturated heterocycles. The first-order valence-corrected chi connectivity index (χ1v) is 19.4. The lowest BCUT2D eigenvalue weighted by atomic mass is 9.32. The molecule has 5 heteroatoms. The number of benzene rings is 1. The van der Waals surface area contributed by atoms with Crippen molar-refractivity contribution in [3.05, 3.63) is 48.0 Å². The van der Waals surface area contributed by atoms with E-state index in [0.717, 1.165) is 24.8 Å². The molecule has 0 radical (unpaired) electrons. The van der Waals surface area contributed by atoms with Gasteiger partial charge in [-0.15, -0.1) is 0 Å². The van der Waals surface area contributed by atoms with E-state index in [1.54, 1.807) is 13.8 Å². The van der Waals surface area contributed by atoms with Crippen molar-refractivity contribution in [3.63, 3.8) is 0 Å². The number of rotatable bonds is 9. The quantitative estimate of drug-likeness (QED) is 0.148. The normalized spacial score (nSPS) is 40.9. The first kappa shape index (κ1) is 36.4. The van der Waals surface area contributed by atoms with Crippen molar-refractivity contribution in [1.82, 2.24) is 0 Å². The number of carbonyl (C=O) groups is 3. The number of hydrogen-bond acceptors (Lipinski definition) is 5. The summed E-state index contributed by atoms with van der Waals surface area (Å²) in [6, 6.07) is 9.64. The van der Waals surface area contributed by atoms with Crippen molar-refractivity contribution in [2.75, 3.05) is 0 Å². The van der Waals surface area contributed by atoms with Crippen molar-refractivity contribution in [2.24, 2.45) is 62.1 Å². The standard InChI is InChI=1S/C44H64O5/c1-29(2)31-17-22-44(25-26-45)24-23-42(8)32(37(31)44)15-16-34-41(7)20-19-35(40(5,6)33(41)18-21-43(34,42)9)49-36(46)27-39(3,4)38(47)48-28-30-13-11-10-12-14-30/h10-14,26,31-35,37H,1,15-25,27-28H2,2-9H3/t31-,32?,33?,34?,35-,37?,41-,42+,43+,44+/m0/s1. The summed E-state index contributed by atoms with van der Waals surface area (Å²) in [5, 5.41) is 0. The summed E-state index contributed by atoms with van der Waals surface area (Å²) in [5.74, 6) is 2.15. The minimum absolute atomic E-state index is 0.00746. The van der Waals surface area contributed by atoms with Gasteiger partial charge in [-0.25, -0.2) is 0 Å². The SMILES string of the molecule is C=C(C)[C@@H]1CC[C@]2(CC=O)CC[C@]3(C)C(CCC4[C@@]5(C)CC[C@H](OC(=O)CC(C)(C)C(=O)OCc6ccccc6)C(C)(C)C5CC[C@]43C)C12. The maximum absolute atomic E-state index is 13.5. The maximum Gasteiger partial charge on any atom is 0.312 e. The number of allylic oxidation sites excluding steroid dienone is 1. The summed E-state index contributed by atoms with van der Waals surface area (Å²) in [5.41, 5.74) is 1.94. The van der Waals surface area contributed by atoms with Gasteiger partial charge in [0.2, 0.25) is 0 Å². The second kappa shape index (κ2) is 12.7. The molecule has 270 valence electrons. The predicted molar refractivity (Wildman–Crippen MR) is 194 cm³/mol. The molecule has 10 atom stereocenters. The van der Waals surface area contributed by atoms with E-state index in [1.165, 1.54) is 56.8 Å². The van der Waals surface area contributed by atoms with Gasteiger partial charge in [-0.3, -0.25) is 9.59 Å². The molecular formula is C44H64O5. The number of fused-ring (bicyclic) bond motifs is 7. The second-order valence-electron chi connectivity index (χ2n) is 19.4. The Morgan fingerprint density at radius 3 is 2.27 bits per heavy atom. The van der Waals surface area contributed by atoms with E-state index in [-0.39, 0.29) is 58.1 Å². The van der Waals surface area contributed by atoms with Crippen molar-refractivity contribution < 1.29 is 23.9 Å². The van der Waals surface area contributed by atoms with Crippen molar-refractivity contribution in [1.29, 1.82) is 0 Å². The molecule has 6 rings (SSSR count). The molecule has 5 aliphatic carbocycles. The third kappa shape index (κ3) is 5.76. The first-order valence-electron chi connectivity index (χ1n) is 19.4. The molecule has 5 nitrogen and oxygen atoms in total. The third-order valence-electron chi connectivity index (χ3n) is 16.3. The van der Waals surface area contributed by atoms with Crippen molar-refractivity contribution in [3.8, 4) is 0 Å². The molecule has 0 amide bonds. The van der Waals surface area contributed by atoms with Crippen LogP contribution in [0.25, 0.3) is 0 Å². The van der Waals surface area contributed by atoms with Gasteiger partial charge >= 0.3 is 11.9 Å². The van der Waals surface area contributed by atoms with Crippen LogP contribution in [0.1, 0.15) is 138 Å². The Hall–Kier alpha value is -2.43. The Bertz CT molecular complexity index is 1440. The minimum atomic E-state index is -0.967. The van der Waals surface area contributed by atoms with Crippen LogP contribution in [-0.2, 0) is 30.5 Å². The molecule has 0 bridgehead atoms. The molecule has 5 aliphatic rings. The molecule has 5 saturated carbocycles. The van der Waals surface area contributed by atoms with Gasteiger partial charge in [0.15, 0.2) is 0 Å². The van der Waals surface area contributed by atoms with E-state index in [9.17, 15) is 14.4 Å². The van der Waals surface area contributed by atoms with E-state index in [2.05, 4.69) is 48.1 Å². The maximum atomic E-state index is 13.5. The van der Waals surface area contributed by atoms with Gasteiger partial charge in [-0.2, -0.15) is 0 Å². The highest BCUT2D eigenvalue weighted by Crippen LogP contribution is 2.78. The summed E-state index contributed by atoms with van der Waals surface area (Å²) in [6.07, 6.45) is 13.3. The summed E-state index contributed by atoms with van der Waals surface area (Å²) < 4.78 is 12.0. The molecule has 1 aromatic rings. The number of hydrogen-bond donors (Lipinski definition) is 0. The lowest BCUT2D eigenvalue weighted by Crippen LogP contribution is -2.66. The lowest BCUT2D eigenvalue weighted by Gasteiger charge is -2.73. The molecule has 0 spiro atoms. The van der Waals surface area contributed by atoms with Crippen LogP contribution in [0.4, 0.5) is 0 Å². The van der Waals surface area contributed by atoms with Crippen molar-refractivity contribution in [2.45, 2.75) is 145 Å². The van der Waals surface area contributed by atoms with Crippen LogP contribution in [0.5, 0.6) is 0 Å². The average molecular weight is 673 g/mol. The topological polar surface area (TPSA) is 69.7 Å². The summed E-state index contributed by atoms with van der Waals surface area (Å²) in [4.78, 5) is 38.6. The molecular weight excluding hydrogens is 608 g/mol. The third-order valence-corrected chi connectivity index (χ3v) is 16.3. The van der Waals surface area contributed by atoms with Gasteiger partial charge in [0.25, 0.3) is 0 Å². The van der Waals surface area contributed by atoms with E-state index in [4.69, 9.17) is 9.47 Å². The fraction of sp³-hybridized carbons (Fsp3) is 0.750. The largest absolute Gasteiger partial charge is 0.462 e. The first-order chi connectivity index (χ1) is 22.9. The van der Waals surface area contributed by atoms with Crippen LogP contribution in [0.3, 0.4) is 0 Å². The Labute approximate surface area is 296 Å². The molecule has 1 aromatic carbocycles. The van der Waals surface area contributed by atoms with Gasteiger partial charge in [-0.1, -0.05) is 77.1 Å². The zero-order chi connectivity index (χ0) is 35.6. The number of esters is 2. The molecule has 0 aliphatic heterocycles. The zero-order valence-electron chi connectivity index (χ0n) is 31.9. The number of ether oxygens (including phenoxy) is 2. The van der Waals surface area contributed by atoms with E-state index in [1.807, 2.05) is 30.3 Å². The van der Waals surface area contributed by atoms with Crippen LogP contribution in [0.2, 0.25) is 0 Å². The van der Waals surface area contributed by atoms with Gasteiger partial charge in [-0.05, 0) is 142 Å². The van der Waals surface area contributed by atoms with Crippen LogP contribution < -0.4 is 0 Å². The summed E-state index contributed by atoms with van der Waals surface area (Å²) >= 11 is 0. The van der Waals surface area contributed by atoms with Crippen LogP contribution in [0, 0.1) is 62.1 Å². The summed E-state index contributed by atoms with van der Waals surface area (Å²) in [7, 11) is 0. The summed E-state index contributed by atoms with van der Waals surface area (Å²) in [6.45, 7) is 23.0. The second-order valence-corrected chi connectivity index (χ2v) is 19.4. The van der Waals surface area contributed by atoms with E-state index in [0.29, 0.717) is 36.0 Å². The monoisotopic (exact) mass is 672 g/mol. The van der Waals surface area contributed by atoms with Crippen LogP contribution in [-0.4, -0.2) is 24.3 Å². The Morgan fingerprint density at radius 2 is 1.59 bits per heavy atom. The fourth-order valence-corrected chi connectivity index (χ4v) is 13.5. The highest BCUT2D eigenvalue weighted by atomic mass is 16.5. The van der Waals surface area contributed by atoms with E-state index >= 15 is 0 Å². The fourth-order valence-electron chi connectivity index (χ4n) is 13.5. The molecule has 0 N–H and O–H groups in total. The Balaban J connectivity index is 1.16. The molecule has 0 heterocycles. The Morgan fingerprint density at radius 1 is 0.878 bits per heavy atom. The van der Waals surface area contributed by atoms with E-state index < -0.39 is 5.41 Å². The molecule has 0 aromatic heterocycles. The Kier molecular flexibility index (Phi) is 9.39. The van der Waals surface area contributed by atoms with Gasteiger partial charge < -0.3 is 14.3 Å². The zero-order valence-corrected chi connectivity index (χ0v) is 31.9. The highest BCUT2D eigenvalue weighted by Gasteiger charge is 2.71. The van der Waals surface area contributed by atoms with Gasteiger partial charge in [0.1, 0.15) is 19.0 Å². The number of aldehydes is 1. The highest BCUT2D eigenvalue weighted by molar-refractivity contribution is 5.82. The number of carbonyl (C=O) groups excluding carboxylic acids is 3. The minimum Gasteiger partial charge on any atom is -0.462 e. The molecule has 49 heavy (non-hydrogen) atoms. The molecule has 4 unspecified atom stereocenters. The smallest absolute Gasteiger partial charge is 0.312 e. The predicted octanol–water partition coefficient (Wildman–Crippen LogP) is 10.3.